The molecule has 0 bridgehead atoms. The summed E-state index contributed by atoms with van der Waals surface area (Å²) in [5.74, 6) is 0.872. The first-order valence-electron chi connectivity index (χ1n) is 4.35. The third-order valence-electron chi connectivity index (χ3n) is 1.96. The SMILES string of the molecule is N#CCc1ccc(-n2cccc2)nc1. The number of nitriles is 1. The molecule has 0 aliphatic heterocycles. The van der Waals surface area contributed by atoms with Crippen LogP contribution in [0.3, 0.4) is 0 Å². The first-order valence-corrected chi connectivity index (χ1v) is 4.35. The standard InChI is InChI=1S/C11H9N3/c12-6-5-10-3-4-11(13-9-10)14-7-1-2-8-14/h1-4,7-9H,5H2. The highest BCUT2D eigenvalue weighted by molar-refractivity contribution is 5.27. The van der Waals surface area contributed by atoms with Crippen LogP contribution in [0.25, 0.3) is 5.82 Å². The zero-order valence-corrected chi connectivity index (χ0v) is 7.59. The zero-order chi connectivity index (χ0) is 9.80. The number of nitrogens with zero attached hydrogens (tertiary/aromatic N) is 3. The maximum atomic E-state index is 8.49. The Morgan fingerprint density at radius 1 is 1.29 bits per heavy atom. The van der Waals surface area contributed by atoms with Gasteiger partial charge in [0.15, 0.2) is 0 Å². The van der Waals surface area contributed by atoms with Crippen molar-refractivity contribution >= 4 is 0 Å². The van der Waals surface area contributed by atoms with Crippen LogP contribution in [0.15, 0.2) is 42.9 Å². The lowest BCUT2D eigenvalue weighted by Crippen LogP contribution is -1.94. The van der Waals surface area contributed by atoms with Gasteiger partial charge in [0.25, 0.3) is 0 Å². The lowest BCUT2D eigenvalue weighted by Gasteiger charge is -2.01. The summed E-state index contributed by atoms with van der Waals surface area (Å²) in [6, 6.07) is 9.82. The van der Waals surface area contributed by atoms with Crippen LogP contribution in [0.4, 0.5) is 0 Å². The van der Waals surface area contributed by atoms with Gasteiger partial charge in [0, 0.05) is 18.6 Å². The fourth-order valence-electron chi connectivity index (χ4n) is 1.25. The maximum absolute atomic E-state index is 8.49. The Labute approximate surface area is 82.2 Å². The molecule has 0 unspecified atom stereocenters. The van der Waals surface area contributed by atoms with Crippen molar-refractivity contribution in [2.75, 3.05) is 0 Å². The Morgan fingerprint density at radius 2 is 2.07 bits per heavy atom. The molecule has 0 atom stereocenters. The molecule has 14 heavy (non-hydrogen) atoms. The van der Waals surface area contributed by atoms with E-state index in [4.69, 9.17) is 5.26 Å². The molecule has 68 valence electrons. The number of hydrogen-bond acceptors (Lipinski definition) is 2. The van der Waals surface area contributed by atoms with Gasteiger partial charge in [0.1, 0.15) is 5.82 Å². The van der Waals surface area contributed by atoms with E-state index in [9.17, 15) is 0 Å². The highest BCUT2D eigenvalue weighted by atomic mass is 15.0. The molecule has 0 amide bonds. The van der Waals surface area contributed by atoms with Gasteiger partial charge < -0.3 is 4.57 Å². The third kappa shape index (κ3) is 1.64. The van der Waals surface area contributed by atoms with Crippen LogP contribution in [0.1, 0.15) is 5.56 Å². The molecule has 3 heteroatoms. The minimum atomic E-state index is 0.416. The summed E-state index contributed by atoms with van der Waals surface area (Å²) in [6.07, 6.45) is 6.02. The van der Waals surface area contributed by atoms with E-state index in [1.54, 1.807) is 6.20 Å². The van der Waals surface area contributed by atoms with Crippen molar-refractivity contribution < 1.29 is 0 Å². The van der Waals surface area contributed by atoms with Crippen LogP contribution in [-0.2, 0) is 6.42 Å². The first kappa shape index (κ1) is 8.52. The van der Waals surface area contributed by atoms with E-state index < -0.39 is 0 Å². The zero-order valence-electron chi connectivity index (χ0n) is 7.59. The minimum Gasteiger partial charge on any atom is -0.309 e. The molecule has 3 nitrogen and oxygen atoms in total. The van der Waals surface area contributed by atoms with Gasteiger partial charge in [-0.3, -0.25) is 0 Å². The van der Waals surface area contributed by atoms with Gasteiger partial charge in [-0.05, 0) is 23.8 Å². The average molecular weight is 183 g/mol. The second kappa shape index (κ2) is 3.75. The van der Waals surface area contributed by atoms with Gasteiger partial charge in [0.2, 0.25) is 0 Å². The quantitative estimate of drug-likeness (QED) is 0.713. The fourth-order valence-corrected chi connectivity index (χ4v) is 1.25. The third-order valence-corrected chi connectivity index (χ3v) is 1.96. The molecule has 0 saturated carbocycles. The summed E-state index contributed by atoms with van der Waals surface area (Å²) >= 11 is 0. The van der Waals surface area contributed by atoms with Crippen LogP contribution in [0.5, 0.6) is 0 Å². The second-order valence-electron chi connectivity index (χ2n) is 2.95. The summed E-state index contributed by atoms with van der Waals surface area (Å²) in [7, 11) is 0. The molecule has 0 aromatic carbocycles. The molecule has 2 heterocycles. The van der Waals surface area contributed by atoms with Gasteiger partial charge in [-0.15, -0.1) is 0 Å². The van der Waals surface area contributed by atoms with E-state index in [1.807, 2.05) is 41.2 Å². The van der Waals surface area contributed by atoms with Gasteiger partial charge in [-0.25, -0.2) is 4.98 Å². The van der Waals surface area contributed by atoms with Gasteiger partial charge >= 0.3 is 0 Å². The largest absolute Gasteiger partial charge is 0.309 e. The van der Waals surface area contributed by atoms with Crippen molar-refractivity contribution in [3.63, 3.8) is 0 Å². The van der Waals surface area contributed by atoms with E-state index in [1.165, 1.54) is 0 Å². The fraction of sp³-hybridized carbons (Fsp3) is 0.0909. The molecule has 0 radical (unpaired) electrons. The van der Waals surface area contributed by atoms with Crippen molar-refractivity contribution in [3.8, 4) is 11.9 Å². The van der Waals surface area contributed by atoms with Crippen LogP contribution in [-0.4, -0.2) is 9.55 Å². The molecule has 2 aromatic rings. The van der Waals surface area contributed by atoms with E-state index in [-0.39, 0.29) is 0 Å². The predicted molar refractivity (Wildman–Crippen MR) is 52.9 cm³/mol. The Morgan fingerprint density at radius 3 is 2.64 bits per heavy atom. The summed E-state index contributed by atoms with van der Waals surface area (Å²) in [4.78, 5) is 4.25. The molecule has 2 rings (SSSR count). The topological polar surface area (TPSA) is 41.6 Å². The minimum absolute atomic E-state index is 0.416. The van der Waals surface area contributed by atoms with E-state index in [2.05, 4.69) is 11.1 Å². The normalized spacial score (nSPS) is 9.64. The van der Waals surface area contributed by atoms with Crippen molar-refractivity contribution in [2.24, 2.45) is 0 Å². The van der Waals surface area contributed by atoms with Gasteiger partial charge in [-0.2, -0.15) is 5.26 Å². The summed E-state index contributed by atoms with van der Waals surface area (Å²) in [5, 5.41) is 8.49. The summed E-state index contributed by atoms with van der Waals surface area (Å²) in [5.41, 5.74) is 0.948. The summed E-state index contributed by atoms with van der Waals surface area (Å²) < 4.78 is 1.93. The second-order valence-corrected chi connectivity index (χ2v) is 2.95. The number of aromatic nitrogens is 2. The van der Waals surface area contributed by atoms with Crippen LogP contribution >= 0.6 is 0 Å². The van der Waals surface area contributed by atoms with E-state index in [0.29, 0.717) is 6.42 Å². The van der Waals surface area contributed by atoms with Crippen molar-refractivity contribution in [1.29, 1.82) is 5.26 Å². The predicted octanol–water partition coefficient (Wildman–Crippen LogP) is 1.94. The Balaban J connectivity index is 2.27. The Kier molecular flexibility index (Phi) is 2.28. The smallest absolute Gasteiger partial charge is 0.136 e. The van der Waals surface area contributed by atoms with Crippen LogP contribution < -0.4 is 0 Å². The Hall–Kier alpha value is -2.08. The lowest BCUT2D eigenvalue weighted by atomic mass is 10.2. The Bertz CT molecular complexity index is 434. The van der Waals surface area contributed by atoms with Crippen LogP contribution in [0, 0.1) is 11.3 Å². The highest BCUT2D eigenvalue weighted by Crippen LogP contribution is 2.06. The van der Waals surface area contributed by atoms with Crippen molar-refractivity contribution in [1.82, 2.24) is 9.55 Å². The number of pyridine rings is 1. The lowest BCUT2D eigenvalue weighted by molar-refractivity contribution is 0.998. The molecule has 0 saturated heterocycles. The van der Waals surface area contributed by atoms with Gasteiger partial charge in [0.05, 0.1) is 12.5 Å². The molecular formula is C11H9N3. The molecule has 2 aromatic heterocycles. The van der Waals surface area contributed by atoms with E-state index >= 15 is 0 Å². The molecular weight excluding hydrogens is 174 g/mol. The highest BCUT2D eigenvalue weighted by Gasteiger charge is 1.96. The molecule has 0 aliphatic carbocycles. The summed E-state index contributed by atoms with van der Waals surface area (Å²) in [6.45, 7) is 0. The first-order chi connectivity index (χ1) is 6.90. The van der Waals surface area contributed by atoms with Crippen molar-refractivity contribution in [2.45, 2.75) is 6.42 Å². The maximum Gasteiger partial charge on any atom is 0.136 e. The molecule has 0 fully saturated rings. The van der Waals surface area contributed by atoms with Crippen molar-refractivity contribution in [3.05, 3.63) is 48.4 Å². The number of hydrogen-bond donors (Lipinski definition) is 0. The molecule has 0 aliphatic rings. The average Bonchev–Trinajstić information content (AvgIpc) is 2.72. The monoisotopic (exact) mass is 183 g/mol. The van der Waals surface area contributed by atoms with E-state index in [0.717, 1.165) is 11.4 Å². The van der Waals surface area contributed by atoms with Gasteiger partial charge in [-0.1, -0.05) is 6.07 Å². The molecule has 0 N–H and O–H groups in total. The number of rotatable bonds is 2. The van der Waals surface area contributed by atoms with Crippen LogP contribution in [0.2, 0.25) is 0 Å². The molecule has 0 spiro atoms.